The highest BCUT2D eigenvalue weighted by Gasteiger charge is 2.17. The molecule has 4 heterocycles. The van der Waals surface area contributed by atoms with Gasteiger partial charge in [0.2, 0.25) is 0 Å². The fraction of sp³-hybridized carbons (Fsp3) is 0.115. The summed E-state index contributed by atoms with van der Waals surface area (Å²) in [5, 5.41) is 1.13. The molecule has 156 valence electrons. The highest BCUT2D eigenvalue weighted by atomic mass is 14.9. The molecule has 0 unspecified atom stereocenters. The summed E-state index contributed by atoms with van der Waals surface area (Å²) in [6.45, 7) is 4.75. The first-order chi connectivity index (χ1) is 15.7. The summed E-state index contributed by atoms with van der Waals surface area (Å²) in [6, 6.07) is 16.5. The first kappa shape index (κ1) is 19.8. The van der Waals surface area contributed by atoms with Crippen LogP contribution < -0.4 is 0 Å². The fourth-order valence-electron chi connectivity index (χ4n) is 3.86. The van der Waals surface area contributed by atoms with Crippen LogP contribution in [0.25, 0.3) is 33.3 Å². The molecule has 0 radical (unpaired) electrons. The minimum atomic E-state index is 0.653. The highest BCUT2D eigenvalue weighted by molar-refractivity contribution is 6.14. The molecular weight excluding hydrogens is 396 g/mol. The predicted molar refractivity (Wildman–Crippen MR) is 128 cm³/mol. The van der Waals surface area contributed by atoms with E-state index in [0.29, 0.717) is 6.54 Å². The molecule has 1 N–H and O–H groups in total. The van der Waals surface area contributed by atoms with E-state index in [9.17, 15) is 0 Å². The molecule has 0 fully saturated rings. The van der Waals surface area contributed by atoms with Gasteiger partial charge in [0.25, 0.3) is 0 Å². The summed E-state index contributed by atoms with van der Waals surface area (Å²) in [4.78, 5) is 25.9. The molecule has 0 aliphatic heterocycles. The lowest BCUT2D eigenvalue weighted by Crippen LogP contribution is -2.10. The van der Waals surface area contributed by atoms with Gasteiger partial charge in [-0.3, -0.25) is 9.98 Å². The zero-order chi connectivity index (χ0) is 21.9. The third-order valence-electron chi connectivity index (χ3n) is 5.39. The van der Waals surface area contributed by atoms with Crippen molar-refractivity contribution < 1.29 is 0 Å². The van der Waals surface area contributed by atoms with Crippen LogP contribution in [-0.4, -0.2) is 37.2 Å². The monoisotopic (exact) mass is 418 g/mol. The Morgan fingerprint density at radius 3 is 2.56 bits per heavy atom. The van der Waals surface area contributed by atoms with Gasteiger partial charge in [-0.05, 0) is 49.2 Å². The van der Waals surface area contributed by atoms with E-state index in [2.05, 4.69) is 63.3 Å². The van der Waals surface area contributed by atoms with E-state index < -0.39 is 0 Å². The molecule has 6 heteroatoms. The van der Waals surface area contributed by atoms with Crippen molar-refractivity contribution in [1.82, 2.24) is 24.9 Å². The molecule has 0 aliphatic carbocycles. The number of nitrogens with one attached hydrogen (secondary N) is 1. The third-order valence-corrected chi connectivity index (χ3v) is 5.39. The number of rotatable bonds is 5. The topological polar surface area (TPSA) is 79.7 Å². The molecule has 0 atom stereocenters. The van der Waals surface area contributed by atoms with Crippen molar-refractivity contribution in [2.24, 2.45) is 4.99 Å². The van der Waals surface area contributed by atoms with Gasteiger partial charge in [0.15, 0.2) is 0 Å². The second kappa shape index (κ2) is 8.51. The van der Waals surface area contributed by atoms with Gasteiger partial charge in [0, 0.05) is 53.4 Å². The number of aliphatic imine (C=N–C) groups is 1. The summed E-state index contributed by atoms with van der Waals surface area (Å²) >= 11 is 0. The van der Waals surface area contributed by atoms with Crippen LogP contribution in [0.3, 0.4) is 0 Å². The van der Waals surface area contributed by atoms with Crippen LogP contribution in [0, 0.1) is 6.92 Å². The van der Waals surface area contributed by atoms with Crippen LogP contribution >= 0.6 is 0 Å². The van der Waals surface area contributed by atoms with Gasteiger partial charge in [-0.2, -0.15) is 0 Å². The van der Waals surface area contributed by atoms with Crippen LogP contribution in [0.4, 0.5) is 0 Å². The van der Waals surface area contributed by atoms with Gasteiger partial charge in [0.1, 0.15) is 12.0 Å². The summed E-state index contributed by atoms with van der Waals surface area (Å²) < 4.78 is 0. The minimum absolute atomic E-state index is 0.653. The van der Waals surface area contributed by atoms with Crippen molar-refractivity contribution in [3.63, 3.8) is 0 Å². The normalized spacial score (nSPS) is 11.8. The minimum Gasteiger partial charge on any atom is -0.353 e. The summed E-state index contributed by atoms with van der Waals surface area (Å²) in [6.07, 6.45) is 8.74. The van der Waals surface area contributed by atoms with Crippen molar-refractivity contribution in [2.75, 3.05) is 6.54 Å². The van der Waals surface area contributed by atoms with Crippen LogP contribution in [0.2, 0.25) is 0 Å². The van der Waals surface area contributed by atoms with E-state index in [0.717, 1.165) is 56.0 Å². The Hall–Kier alpha value is -4.19. The van der Waals surface area contributed by atoms with E-state index >= 15 is 0 Å². The van der Waals surface area contributed by atoms with Crippen LogP contribution in [0.1, 0.15) is 23.9 Å². The maximum absolute atomic E-state index is 4.95. The van der Waals surface area contributed by atoms with Crippen LogP contribution in [0.15, 0.2) is 84.6 Å². The Morgan fingerprint density at radius 2 is 1.78 bits per heavy atom. The molecular formula is C26H22N6. The molecule has 0 aliphatic rings. The van der Waals surface area contributed by atoms with E-state index in [4.69, 9.17) is 9.98 Å². The highest BCUT2D eigenvalue weighted by Crippen LogP contribution is 2.30. The largest absolute Gasteiger partial charge is 0.353 e. The summed E-state index contributed by atoms with van der Waals surface area (Å²) in [5.41, 5.74) is 8.66. The molecule has 5 aromatic rings. The maximum Gasteiger partial charge on any atom is 0.115 e. The number of hydrogen-bond acceptors (Lipinski definition) is 5. The molecule has 5 rings (SSSR count). The molecule has 32 heavy (non-hydrogen) atoms. The number of fused-ring (bicyclic) bond motifs is 1. The molecule has 6 nitrogen and oxygen atoms in total. The van der Waals surface area contributed by atoms with Crippen molar-refractivity contribution in [1.29, 1.82) is 0 Å². The fourth-order valence-corrected chi connectivity index (χ4v) is 3.86. The molecule has 4 aromatic heterocycles. The number of hydrogen-bond donors (Lipinski definition) is 1. The van der Waals surface area contributed by atoms with Crippen LogP contribution in [0.5, 0.6) is 0 Å². The smallest absolute Gasteiger partial charge is 0.115 e. The first-order valence-corrected chi connectivity index (χ1v) is 10.5. The third kappa shape index (κ3) is 3.67. The zero-order valence-electron chi connectivity index (χ0n) is 17.9. The lowest BCUT2D eigenvalue weighted by Gasteiger charge is -2.10. The second-order valence-electron chi connectivity index (χ2n) is 7.50. The number of aromatic nitrogens is 5. The van der Waals surface area contributed by atoms with E-state index in [1.807, 2.05) is 25.3 Å². The maximum atomic E-state index is 4.95. The van der Waals surface area contributed by atoms with Gasteiger partial charge < -0.3 is 4.98 Å². The number of nitrogens with zero attached hydrogens (tertiary/aromatic N) is 5. The quantitative estimate of drug-likeness (QED) is 0.396. The molecule has 0 spiro atoms. The standard InChI is InChI=1S/C26H22N6/c1-3-30-26(25-17(2)9-10-22(32-25)19-14-28-16-29-15-19)24-12-21-20(7-4-8-23(21)31-24)18-6-5-11-27-13-18/h4-16,31H,3H2,1-2H3. The van der Waals surface area contributed by atoms with E-state index in [1.54, 1.807) is 18.6 Å². The van der Waals surface area contributed by atoms with Crippen molar-refractivity contribution >= 4 is 16.6 Å². The average Bonchev–Trinajstić information content (AvgIpc) is 3.28. The van der Waals surface area contributed by atoms with Gasteiger partial charge in [0.05, 0.1) is 17.1 Å². The Bertz CT molecular complexity index is 1400. The lowest BCUT2D eigenvalue weighted by molar-refractivity contribution is 1.11. The van der Waals surface area contributed by atoms with Crippen LogP contribution in [-0.2, 0) is 0 Å². The average molecular weight is 419 g/mol. The van der Waals surface area contributed by atoms with Gasteiger partial charge in [-0.25, -0.2) is 15.0 Å². The van der Waals surface area contributed by atoms with Crippen molar-refractivity contribution in [3.05, 3.63) is 96.6 Å². The van der Waals surface area contributed by atoms with Crippen molar-refractivity contribution in [3.8, 4) is 22.4 Å². The molecule has 1 aromatic carbocycles. The van der Waals surface area contributed by atoms with E-state index in [1.165, 1.54) is 6.33 Å². The Balaban J connectivity index is 1.65. The predicted octanol–water partition coefficient (Wildman–Crippen LogP) is 5.25. The Morgan fingerprint density at radius 1 is 0.938 bits per heavy atom. The van der Waals surface area contributed by atoms with E-state index in [-0.39, 0.29) is 0 Å². The number of aromatic amines is 1. The molecule has 0 bridgehead atoms. The summed E-state index contributed by atoms with van der Waals surface area (Å²) in [7, 11) is 0. The molecule has 0 amide bonds. The molecule has 0 saturated heterocycles. The second-order valence-corrected chi connectivity index (χ2v) is 7.50. The Labute approximate surface area is 186 Å². The number of H-pyrrole nitrogens is 1. The van der Waals surface area contributed by atoms with Gasteiger partial charge in [-0.1, -0.05) is 24.3 Å². The van der Waals surface area contributed by atoms with Gasteiger partial charge in [-0.15, -0.1) is 0 Å². The number of aryl methyl sites for hydroxylation is 1. The molecule has 0 saturated carbocycles. The first-order valence-electron chi connectivity index (χ1n) is 10.5. The van der Waals surface area contributed by atoms with Crippen molar-refractivity contribution in [2.45, 2.75) is 13.8 Å². The lowest BCUT2D eigenvalue weighted by atomic mass is 10.0. The summed E-state index contributed by atoms with van der Waals surface area (Å²) in [5.74, 6) is 0. The number of pyridine rings is 2. The SMILES string of the molecule is CCN=C(c1cc2c(-c3cccnc3)cccc2[nH]1)c1nc(-c2cncnc2)ccc1C. The Kier molecular flexibility index (Phi) is 5.25. The zero-order valence-corrected chi connectivity index (χ0v) is 17.9. The van der Waals surface area contributed by atoms with Gasteiger partial charge >= 0.3 is 0 Å². The number of benzene rings is 1.